The van der Waals surface area contributed by atoms with Crippen LogP contribution in [0.3, 0.4) is 0 Å². The SMILES string of the molecule is COc1ccc(CNCCc2ccc(Cl)cc2)cc1OC.Cl. The summed E-state index contributed by atoms with van der Waals surface area (Å²) in [6.07, 6.45) is 0.977. The van der Waals surface area contributed by atoms with Crippen LogP contribution in [0.25, 0.3) is 0 Å². The van der Waals surface area contributed by atoms with Gasteiger partial charge in [-0.1, -0.05) is 29.8 Å². The summed E-state index contributed by atoms with van der Waals surface area (Å²) in [5.41, 5.74) is 2.45. The highest BCUT2D eigenvalue weighted by molar-refractivity contribution is 6.30. The van der Waals surface area contributed by atoms with Crippen LogP contribution in [0.1, 0.15) is 11.1 Å². The molecule has 0 aliphatic heterocycles. The largest absolute Gasteiger partial charge is 0.493 e. The van der Waals surface area contributed by atoms with E-state index in [1.807, 2.05) is 30.3 Å². The van der Waals surface area contributed by atoms with Crippen molar-refractivity contribution in [1.29, 1.82) is 0 Å². The molecule has 0 amide bonds. The molecule has 2 rings (SSSR count). The average Bonchev–Trinajstić information content (AvgIpc) is 2.53. The molecule has 0 aromatic heterocycles. The maximum Gasteiger partial charge on any atom is 0.161 e. The van der Waals surface area contributed by atoms with Gasteiger partial charge < -0.3 is 14.8 Å². The first-order valence-electron chi connectivity index (χ1n) is 6.89. The van der Waals surface area contributed by atoms with Crippen LogP contribution in [-0.2, 0) is 13.0 Å². The highest BCUT2D eigenvalue weighted by atomic mass is 35.5. The second kappa shape index (κ2) is 9.57. The minimum atomic E-state index is 0. The lowest BCUT2D eigenvalue weighted by Crippen LogP contribution is -2.16. The zero-order valence-corrected chi connectivity index (χ0v) is 14.3. The van der Waals surface area contributed by atoms with Crippen LogP contribution >= 0.6 is 24.0 Å². The van der Waals surface area contributed by atoms with Gasteiger partial charge in [-0.25, -0.2) is 0 Å². The van der Waals surface area contributed by atoms with E-state index in [0.29, 0.717) is 0 Å². The third-order valence-corrected chi connectivity index (χ3v) is 3.53. The molecule has 5 heteroatoms. The van der Waals surface area contributed by atoms with E-state index in [0.717, 1.165) is 36.0 Å². The predicted octanol–water partition coefficient (Wildman–Crippen LogP) is 4.11. The molecular formula is C17H21Cl2NO2. The quantitative estimate of drug-likeness (QED) is 0.768. The Morgan fingerprint density at radius 1 is 0.909 bits per heavy atom. The molecule has 22 heavy (non-hydrogen) atoms. The zero-order chi connectivity index (χ0) is 15.1. The minimum Gasteiger partial charge on any atom is -0.493 e. The number of hydrogen-bond donors (Lipinski definition) is 1. The average molecular weight is 342 g/mol. The van der Waals surface area contributed by atoms with Crippen LogP contribution in [0.15, 0.2) is 42.5 Å². The molecule has 120 valence electrons. The Bertz CT molecular complexity index is 573. The fourth-order valence-corrected chi connectivity index (χ4v) is 2.23. The van der Waals surface area contributed by atoms with Gasteiger partial charge in [-0.05, 0) is 48.4 Å². The third-order valence-electron chi connectivity index (χ3n) is 3.28. The summed E-state index contributed by atoms with van der Waals surface area (Å²) in [5.74, 6) is 1.51. The Morgan fingerprint density at radius 3 is 2.18 bits per heavy atom. The van der Waals surface area contributed by atoms with Crippen LogP contribution in [0.5, 0.6) is 11.5 Å². The first kappa shape index (κ1) is 18.6. The number of hydrogen-bond acceptors (Lipinski definition) is 3. The van der Waals surface area contributed by atoms with Crippen LogP contribution in [0.4, 0.5) is 0 Å². The van der Waals surface area contributed by atoms with Gasteiger partial charge in [-0.15, -0.1) is 12.4 Å². The lowest BCUT2D eigenvalue weighted by Gasteiger charge is -2.10. The van der Waals surface area contributed by atoms with Crippen molar-refractivity contribution in [3.05, 3.63) is 58.6 Å². The molecule has 0 spiro atoms. The fraction of sp³-hybridized carbons (Fsp3) is 0.294. The summed E-state index contributed by atoms with van der Waals surface area (Å²) < 4.78 is 10.5. The number of rotatable bonds is 7. The molecule has 0 fully saturated rings. The Morgan fingerprint density at radius 2 is 1.55 bits per heavy atom. The van der Waals surface area contributed by atoms with Crippen LogP contribution in [-0.4, -0.2) is 20.8 Å². The number of nitrogens with one attached hydrogen (secondary N) is 1. The predicted molar refractivity (Wildman–Crippen MR) is 93.7 cm³/mol. The molecule has 0 atom stereocenters. The van der Waals surface area contributed by atoms with Gasteiger partial charge in [0.25, 0.3) is 0 Å². The van der Waals surface area contributed by atoms with Crippen LogP contribution in [0.2, 0.25) is 5.02 Å². The molecule has 0 saturated carbocycles. The van der Waals surface area contributed by atoms with Gasteiger partial charge in [0, 0.05) is 11.6 Å². The summed E-state index contributed by atoms with van der Waals surface area (Å²) in [4.78, 5) is 0. The normalized spacial score (nSPS) is 9.95. The lowest BCUT2D eigenvalue weighted by atomic mass is 10.1. The topological polar surface area (TPSA) is 30.5 Å². The molecule has 0 saturated heterocycles. The third kappa shape index (κ3) is 5.41. The second-order valence-corrected chi connectivity index (χ2v) is 5.18. The van der Waals surface area contributed by atoms with Gasteiger partial charge in [0.05, 0.1) is 14.2 Å². The summed E-state index contributed by atoms with van der Waals surface area (Å²) >= 11 is 5.87. The van der Waals surface area contributed by atoms with Gasteiger partial charge >= 0.3 is 0 Å². The summed E-state index contributed by atoms with van der Waals surface area (Å²) in [6, 6.07) is 13.9. The van der Waals surface area contributed by atoms with Crippen LogP contribution < -0.4 is 14.8 Å². The smallest absolute Gasteiger partial charge is 0.161 e. The number of halogens is 2. The van der Waals surface area contributed by atoms with Crippen molar-refractivity contribution in [1.82, 2.24) is 5.32 Å². The minimum absolute atomic E-state index is 0. The second-order valence-electron chi connectivity index (χ2n) is 4.74. The van der Waals surface area contributed by atoms with Crippen molar-refractivity contribution in [2.75, 3.05) is 20.8 Å². The maximum atomic E-state index is 5.87. The highest BCUT2D eigenvalue weighted by Crippen LogP contribution is 2.27. The Hall–Kier alpha value is -1.42. The highest BCUT2D eigenvalue weighted by Gasteiger charge is 2.04. The van der Waals surface area contributed by atoms with E-state index in [1.54, 1.807) is 14.2 Å². The molecule has 1 N–H and O–H groups in total. The standard InChI is InChI=1S/C17H20ClNO2.ClH/c1-20-16-8-5-14(11-17(16)21-2)12-19-10-9-13-3-6-15(18)7-4-13;/h3-8,11,19H,9-10,12H2,1-2H3;1H. The van der Waals surface area contributed by atoms with E-state index in [1.165, 1.54) is 11.1 Å². The molecule has 0 radical (unpaired) electrons. The molecular weight excluding hydrogens is 321 g/mol. The molecule has 0 aliphatic rings. The van der Waals surface area contributed by atoms with Crippen molar-refractivity contribution in [3.8, 4) is 11.5 Å². The zero-order valence-electron chi connectivity index (χ0n) is 12.8. The van der Waals surface area contributed by atoms with Gasteiger partial charge in [-0.3, -0.25) is 0 Å². The maximum absolute atomic E-state index is 5.87. The molecule has 0 heterocycles. The first-order valence-corrected chi connectivity index (χ1v) is 7.27. The molecule has 0 unspecified atom stereocenters. The van der Waals surface area contributed by atoms with Crippen molar-refractivity contribution in [2.45, 2.75) is 13.0 Å². The van der Waals surface area contributed by atoms with E-state index >= 15 is 0 Å². The molecule has 2 aromatic rings. The number of methoxy groups -OCH3 is 2. The van der Waals surface area contributed by atoms with E-state index < -0.39 is 0 Å². The number of ether oxygens (including phenoxy) is 2. The fourth-order valence-electron chi connectivity index (χ4n) is 2.11. The van der Waals surface area contributed by atoms with Crippen molar-refractivity contribution >= 4 is 24.0 Å². The van der Waals surface area contributed by atoms with E-state index in [4.69, 9.17) is 21.1 Å². The van der Waals surface area contributed by atoms with Crippen molar-refractivity contribution in [2.24, 2.45) is 0 Å². The van der Waals surface area contributed by atoms with Gasteiger partial charge in [0.1, 0.15) is 0 Å². The van der Waals surface area contributed by atoms with E-state index in [2.05, 4.69) is 17.4 Å². The van der Waals surface area contributed by atoms with E-state index in [9.17, 15) is 0 Å². The summed E-state index contributed by atoms with van der Waals surface area (Å²) in [6.45, 7) is 1.71. The summed E-state index contributed by atoms with van der Waals surface area (Å²) in [5, 5.41) is 4.20. The van der Waals surface area contributed by atoms with Crippen molar-refractivity contribution < 1.29 is 9.47 Å². The lowest BCUT2D eigenvalue weighted by molar-refractivity contribution is 0.354. The van der Waals surface area contributed by atoms with Gasteiger partial charge in [-0.2, -0.15) is 0 Å². The molecule has 3 nitrogen and oxygen atoms in total. The molecule has 0 aliphatic carbocycles. The van der Waals surface area contributed by atoms with Crippen LogP contribution in [0, 0.1) is 0 Å². The Kier molecular flexibility index (Phi) is 8.10. The Balaban J connectivity index is 0.00000242. The monoisotopic (exact) mass is 341 g/mol. The Labute approximate surface area is 143 Å². The first-order chi connectivity index (χ1) is 10.2. The van der Waals surface area contributed by atoms with Crippen molar-refractivity contribution in [3.63, 3.8) is 0 Å². The number of benzene rings is 2. The van der Waals surface area contributed by atoms with Gasteiger partial charge in [0.15, 0.2) is 11.5 Å². The van der Waals surface area contributed by atoms with E-state index in [-0.39, 0.29) is 12.4 Å². The molecule has 0 bridgehead atoms. The van der Waals surface area contributed by atoms with Gasteiger partial charge in [0.2, 0.25) is 0 Å². The molecule has 2 aromatic carbocycles. The summed E-state index contributed by atoms with van der Waals surface area (Å²) in [7, 11) is 3.29.